The molecule has 5 nitrogen and oxygen atoms in total. The van der Waals surface area contributed by atoms with Gasteiger partial charge in [0.1, 0.15) is 5.75 Å². The molecular formula is C30H40F3NO4. The van der Waals surface area contributed by atoms with Crippen LogP contribution in [0.3, 0.4) is 0 Å². The fraction of sp³-hybridized carbons (Fsp3) is 0.533. The Hall–Kier alpha value is -2.87. The third-order valence-electron chi connectivity index (χ3n) is 7.31. The number of carbonyl (C=O) groups excluding carboxylic acids is 1. The number of carboxylic acids is 1. The van der Waals surface area contributed by atoms with E-state index in [0.29, 0.717) is 35.5 Å². The first-order valence-electron chi connectivity index (χ1n) is 13.2. The summed E-state index contributed by atoms with van der Waals surface area (Å²) in [5.74, 6) is -2.82. The Balaban J connectivity index is 2.10. The van der Waals surface area contributed by atoms with Gasteiger partial charge in [0.05, 0.1) is 19.1 Å². The average molecular weight is 536 g/mol. The van der Waals surface area contributed by atoms with E-state index in [1.807, 2.05) is 37.3 Å². The molecule has 0 heterocycles. The van der Waals surface area contributed by atoms with E-state index in [2.05, 4.69) is 5.32 Å². The van der Waals surface area contributed by atoms with Gasteiger partial charge in [-0.1, -0.05) is 57.5 Å². The predicted molar refractivity (Wildman–Crippen MR) is 143 cm³/mol. The van der Waals surface area contributed by atoms with Crippen LogP contribution < -0.4 is 10.1 Å². The van der Waals surface area contributed by atoms with Gasteiger partial charge in [0.25, 0.3) is 0 Å². The number of ketones is 1. The van der Waals surface area contributed by atoms with Crippen molar-refractivity contribution in [3.05, 3.63) is 64.7 Å². The van der Waals surface area contributed by atoms with Crippen molar-refractivity contribution in [1.82, 2.24) is 5.32 Å². The molecular weight excluding hydrogens is 495 g/mol. The minimum Gasteiger partial charge on any atom is -0.493 e. The SMILES string of the molecule is CCC(CC(NCC(=O)c1c(C)cc(OCCc2ccccc2)cc1C)C(C)C(F)(F)F)C(C)CC(=O)O. The van der Waals surface area contributed by atoms with E-state index >= 15 is 0 Å². The maximum atomic E-state index is 13.7. The molecule has 0 radical (unpaired) electrons. The highest BCUT2D eigenvalue weighted by Gasteiger charge is 2.42. The van der Waals surface area contributed by atoms with Crippen LogP contribution in [-0.2, 0) is 11.2 Å². The Morgan fingerprint density at radius 3 is 2.18 bits per heavy atom. The lowest BCUT2D eigenvalue weighted by Gasteiger charge is -2.32. The summed E-state index contributed by atoms with van der Waals surface area (Å²) in [6, 6.07) is 12.5. The highest BCUT2D eigenvalue weighted by atomic mass is 19.4. The standard InChI is InChI=1S/C30H40F3NO4/c1-6-24(19(2)16-28(36)37)17-26(22(5)30(31,32)33)34-18-27(35)29-20(3)14-25(15-21(29)4)38-13-12-23-10-8-7-9-11-23/h7-11,14-15,19,22,24,26,34H,6,12-13,16-18H2,1-5H3,(H,36,37). The Morgan fingerprint density at radius 2 is 1.66 bits per heavy atom. The number of carbonyl (C=O) groups is 2. The molecule has 4 atom stereocenters. The van der Waals surface area contributed by atoms with E-state index in [4.69, 9.17) is 9.84 Å². The lowest BCUT2D eigenvalue weighted by atomic mass is 9.81. The van der Waals surface area contributed by atoms with Crippen molar-refractivity contribution in [3.63, 3.8) is 0 Å². The smallest absolute Gasteiger partial charge is 0.393 e. The Kier molecular flexibility index (Phi) is 11.8. The van der Waals surface area contributed by atoms with Gasteiger partial charge in [-0.15, -0.1) is 0 Å². The minimum absolute atomic E-state index is 0.108. The van der Waals surface area contributed by atoms with Gasteiger partial charge >= 0.3 is 12.1 Å². The number of benzene rings is 2. The molecule has 0 aliphatic rings. The molecule has 0 amide bonds. The van der Waals surface area contributed by atoms with Gasteiger partial charge < -0.3 is 15.2 Å². The molecule has 0 aliphatic carbocycles. The number of carboxylic acid groups (broad SMARTS) is 1. The number of aryl methyl sites for hydroxylation is 2. The number of nitrogens with one attached hydrogen (secondary N) is 1. The number of aliphatic carboxylic acids is 1. The first-order valence-corrected chi connectivity index (χ1v) is 13.2. The molecule has 2 aromatic rings. The topological polar surface area (TPSA) is 75.6 Å². The number of halogens is 3. The van der Waals surface area contributed by atoms with Crippen LogP contribution in [0.15, 0.2) is 42.5 Å². The lowest BCUT2D eigenvalue weighted by Crippen LogP contribution is -2.45. The van der Waals surface area contributed by atoms with E-state index in [0.717, 1.165) is 18.9 Å². The van der Waals surface area contributed by atoms with Crippen LogP contribution in [0.25, 0.3) is 0 Å². The molecule has 2 N–H and O–H groups in total. The number of hydrogen-bond donors (Lipinski definition) is 2. The van der Waals surface area contributed by atoms with Gasteiger partial charge in [-0.25, -0.2) is 0 Å². The molecule has 0 saturated heterocycles. The van der Waals surface area contributed by atoms with Gasteiger partial charge in [-0.2, -0.15) is 13.2 Å². The van der Waals surface area contributed by atoms with Crippen molar-refractivity contribution in [1.29, 1.82) is 0 Å². The monoisotopic (exact) mass is 535 g/mol. The molecule has 0 aromatic heterocycles. The fourth-order valence-electron chi connectivity index (χ4n) is 4.95. The predicted octanol–water partition coefficient (Wildman–Crippen LogP) is 6.79. The molecule has 0 saturated carbocycles. The average Bonchev–Trinajstić information content (AvgIpc) is 2.83. The zero-order valence-electron chi connectivity index (χ0n) is 22.9. The van der Waals surface area contributed by atoms with E-state index in [1.54, 1.807) is 32.9 Å². The summed E-state index contributed by atoms with van der Waals surface area (Å²) in [5, 5.41) is 12.0. The quantitative estimate of drug-likeness (QED) is 0.246. The van der Waals surface area contributed by atoms with Crippen LogP contribution in [0.2, 0.25) is 0 Å². The van der Waals surface area contributed by atoms with Gasteiger partial charge in [0.2, 0.25) is 0 Å². The highest BCUT2D eigenvalue weighted by molar-refractivity contribution is 6.00. The maximum absolute atomic E-state index is 13.7. The number of hydrogen-bond acceptors (Lipinski definition) is 4. The van der Waals surface area contributed by atoms with Crippen LogP contribution in [-0.4, -0.2) is 42.2 Å². The molecule has 0 spiro atoms. The van der Waals surface area contributed by atoms with E-state index in [1.165, 1.54) is 0 Å². The zero-order chi connectivity index (χ0) is 28.5. The number of Topliss-reactive ketones (excluding diaryl/α,β-unsaturated/α-hetero) is 1. The fourth-order valence-corrected chi connectivity index (χ4v) is 4.95. The van der Waals surface area contributed by atoms with Crippen LogP contribution in [0, 0.1) is 31.6 Å². The molecule has 0 fully saturated rings. The zero-order valence-corrected chi connectivity index (χ0v) is 22.9. The summed E-state index contributed by atoms with van der Waals surface area (Å²) in [7, 11) is 0. The van der Waals surface area contributed by atoms with Crippen molar-refractivity contribution in [3.8, 4) is 5.75 Å². The number of alkyl halides is 3. The molecule has 8 heteroatoms. The molecule has 0 aliphatic heterocycles. The minimum atomic E-state index is -4.44. The van der Waals surface area contributed by atoms with E-state index in [9.17, 15) is 22.8 Å². The van der Waals surface area contributed by atoms with Gasteiger partial charge in [0.15, 0.2) is 5.78 Å². The Morgan fingerprint density at radius 1 is 1.05 bits per heavy atom. The summed E-state index contributed by atoms with van der Waals surface area (Å²) >= 11 is 0. The largest absolute Gasteiger partial charge is 0.493 e. The van der Waals surface area contributed by atoms with Crippen molar-refractivity contribution in [2.24, 2.45) is 17.8 Å². The second-order valence-corrected chi connectivity index (χ2v) is 10.2. The maximum Gasteiger partial charge on any atom is 0.393 e. The summed E-state index contributed by atoms with van der Waals surface area (Å²) in [4.78, 5) is 24.3. The van der Waals surface area contributed by atoms with Crippen LogP contribution in [0.1, 0.15) is 67.1 Å². The molecule has 0 bridgehead atoms. The van der Waals surface area contributed by atoms with Crippen molar-refractivity contribution in [2.75, 3.05) is 13.2 Å². The van der Waals surface area contributed by atoms with Crippen LogP contribution >= 0.6 is 0 Å². The summed E-state index contributed by atoms with van der Waals surface area (Å²) in [5.41, 5.74) is 3.03. The third-order valence-corrected chi connectivity index (χ3v) is 7.31. The van der Waals surface area contributed by atoms with Gasteiger partial charge in [-0.05, 0) is 60.9 Å². The second-order valence-electron chi connectivity index (χ2n) is 10.2. The van der Waals surface area contributed by atoms with Crippen molar-refractivity contribution < 1.29 is 32.6 Å². The molecule has 4 unspecified atom stereocenters. The summed E-state index contributed by atoms with van der Waals surface area (Å²) in [6.07, 6.45) is -3.13. The molecule has 2 rings (SSSR count). The third kappa shape index (κ3) is 9.46. The number of ether oxygens (including phenoxy) is 1. The highest BCUT2D eigenvalue weighted by Crippen LogP contribution is 2.34. The number of rotatable bonds is 15. The second kappa shape index (κ2) is 14.3. The van der Waals surface area contributed by atoms with Crippen LogP contribution in [0.5, 0.6) is 5.75 Å². The van der Waals surface area contributed by atoms with Crippen LogP contribution in [0.4, 0.5) is 13.2 Å². The molecule has 210 valence electrons. The Labute approximate surface area is 223 Å². The van der Waals surface area contributed by atoms with E-state index in [-0.39, 0.29) is 37.0 Å². The molecule has 2 aromatic carbocycles. The van der Waals surface area contributed by atoms with Crippen molar-refractivity contribution >= 4 is 11.8 Å². The first kappa shape index (κ1) is 31.3. The van der Waals surface area contributed by atoms with E-state index < -0.39 is 24.1 Å². The lowest BCUT2D eigenvalue weighted by molar-refractivity contribution is -0.178. The molecule has 38 heavy (non-hydrogen) atoms. The first-order chi connectivity index (χ1) is 17.8. The van der Waals surface area contributed by atoms with Crippen molar-refractivity contribution in [2.45, 2.75) is 72.5 Å². The summed E-state index contributed by atoms with van der Waals surface area (Å²) < 4.78 is 46.9. The van der Waals surface area contributed by atoms with Gasteiger partial charge in [-0.3, -0.25) is 9.59 Å². The van der Waals surface area contributed by atoms with Gasteiger partial charge in [0, 0.05) is 24.4 Å². The normalized spacial score (nSPS) is 14.9. The summed E-state index contributed by atoms with van der Waals surface area (Å²) in [6.45, 7) is 8.52. The Bertz CT molecular complexity index is 1030.